The molecule has 0 radical (unpaired) electrons. The Balaban J connectivity index is 3.36. The van der Waals surface area contributed by atoms with Gasteiger partial charge in [0.2, 0.25) is 0 Å². The minimum Gasteiger partial charge on any atom is -0.478 e. The highest BCUT2D eigenvalue weighted by Crippen LogP contribution is 2.15. The second-order valence-electron chi connectivity index (χ2n) is 2.61. The Morgan fingerprint density at radius 1 is 1.20 bits per heavy atom. The summed E-state index contributed by atoms with van der Waals surface area (Å²) in [7, 11) is 1.01. The number of hydrogen-bond donors (Lipinski definition) is 1. The molecule has 0 spiro atoms. The Labute approximate surface area is 83.1 Å². The summed E-state index contributed by atoms with van der Waals surface area (Å²) in [4.78, 5) is 21.4. The minimum absolute atomic E-state index is 0.329. The molecule has 1 rings (SSSR count). The maximum Gasteiger partial charge on any atom is 0.340 e. The van der Waals surface area contributed by atoms with E-state index >= 15 is 0 Å². The summed E-state index contributed by atoms with van der Waals surface area (Å²) in [6, 6.07) is 0.925. The Kier molecular flexibility index (Phi) is 2.99. The molecule has 0 aliphatic carbocycles. The van der Waals surface area contributed by atoms with Crippen molar-refractivity contribution in [2.45, 2.75) is 0 Å². The van der Waals surface area contributed by atoms with Crippen molar-refractivity contribution in [3.05, 3.63) is 34.9 Å². The van der Waals surface area contributed by atoms with Crippen LogP contribution in [0.25, 0.3) is 0 Å². The number of benzene rings is 1. The van der Waals surface area contributed by atoms with Crippen molar-refractivity contribution < 1.29 is 28.2 Å². The fourth-order valence-corrected chi connectivity index (χ4v) is 0.979. The lowest BCUT2D eigenvalue weighted by Crippen LogP contribution is -2.09. The van der Waals surface area contributed by atoms with E-state index in [0.29, 0.717) is 12.1 Å². The van der Waals surface area contributed by atoms with E-state index < -0.39 is 34.7 Å². The number of carboxylic acid groups (broad SMARTS) is 1. The summed E-state index contributed by atoms with van der Waals surface area (Å²) in [5.74, 6) is -5.05. The third kappa shape index (κ3) is 2.09. The van der Waals surface area contributed by atoms with Gasteiger partial charge in [0.05, 0.1) is 18.2 Å². The lowest BCUT2D eigenvalue weighted by molar-refractivity contribution is 0.0595. The van der Waals surface area contributed by atoms with Gasteiger partial charge in [-0.1, -0.05) is 0 Å². The quantitative estimate of drug-likeness (QED) is 0.760. The van der Waals surface area contributed by atoms with Crippen LogP contribution in [0.4, 0.5) is 8.78 Å². The summed E-state index contributed by atoms with van der Waals surface area (Å²) in [5, 5.41) is 8.52. The maximum atomic E-state index is 13.0. The third-order valence-corrected chi connectivity index (χ3v) is 1.69. The zero-order valence-electron chi connectivity index (χ0n) is 7.58. The standard InChI is InChI=1S/C9H6F2O4/c1-15-9(14)5-2-4(8(12)13)6(10)3-7(5)11/h2-3H,1H3,(H,12,13). The van der Waals surface area contributed by atoms with Gasteiger partial charge in [0.1, 0.15) is 11.6 Å². The number of rotatable bonds is 2. The zero-order chi connectivity index (χ0) is 11.6. The van der Waals surface area contributed by atoms with Crippen molar-refractivity contribution in [2.24, 2.45) is 0 Å². The van der Waals surface area contributed by atoms with E-state index in [4.69, 9.17) is 5.11 Å². The maximum absolute atomic E-state index is 13.0. The predicted molar refractivity (Wildman–Crippen MR) is 44.7 cm³/mol. The highest BCUT2D eigenvalue weighted by Gasteiger charge is 2.19. The summed E-state index contributed by atoms with van der Waals surface area (Å²) in [6.07, 6.45) is 0. The number of aromatic carboxylic acids is 1. The first-order valence-electron chi connectivity index (χ1n) is 3.78. The first-order chi connectivity index (χ1) is 6.97. The molecule has 15 heavy (non-hydrogen) atoms. The molecule has 0 saturated carbocycles. The summed E-state index contributed by atoms with van der Waals surface area (Å²) in [5.41, 5.74) is -1.40. The molecule has 80 valence electrons. The second kappa shape index (κ2) is 4.04. The van der Waals surface area contributed by atoms with Crippen LogP contribution < -0.4 is 0 Å². The van der Waals surface area contributed by atoms with E-state index in [9.17, 15) is 18.4 Å². The first kappa shape index (κ1) is 11.1. The Morgan fingerprint density at radius 3 is 2.20 bits per heavy atom. The van der Waals surface area contributed by atoms with Gasteiger partial charge in [-0.25, -0.2) is 18.4 Å². The van der Waals surface area contributed by atoms with Gasteiger partial charge in [0.15, 0.2) is 0 Å². The fourth-order valence-electron chi connectivity index (χ4n) is 0.979. The average molecular weight is 216 g/mol. The highest BCUT2D eigenvalue weighted by atomic mass is 19.1. The molecule has 1 N–H and O–H groups in total. The number of methoxy groups -OCH3 is 1. The number of ether oxygens (including phenoxy) is 1. The van der Waals surface area contributed by atoms with Crippen LogP contribution in [0.1, 0.15) is 20.7 Å². The minimum atomic E-state index is -1.59. The molecule has 0 atom stereocenters. The van der Waals surface area contributed by atoms with Crippen molar-refractivity contribution in [1.82, 2.24) is 0 Å². The SMILES string of the molecule is COC(=O)c1cc(C(=O)O)c(F)cc1F. The normalized spacial score (nSPS) is 9.80. The Hall–Kier alpha value is -1.98. The summed E-state index contributed by atoms with van der Waals surface area (Å²) in [6.45, 7) is 0. The van der Waals surface area contributed by atoms with Crippen molar-refractivity contribution in [3.8, 4) is 0 Å². The summed E-state index contributed by atoms with van der Waals surface area (Å²) < 4.78 is 30.1. The molecular formula is C9H6F2O4. The van der Waals surface area contributed by atoms with Crippen LogP contribution in [0.2, 0.25) is 0 Å². The fraction of sp³-hybridized carbons (Fsp3) is 0.111. The molecule has 0 unspecified atom stereocenters. The van der Waals surface area contributed by atoms with E-state index in [1.165, 1.54) is 0 Å². The van der Waals surface area contributed by atoms with Gasteiger partial charge in [0, 0.05) is 6.07 Å². The predicted octanol–water partition coefficient (Wildman–Crippen LogP) is 1.45. The smallest absolute Gasteiger partial charge is 0.340 e. The largest absolute Gasteiger partial charge is 0.478 e. The zero-order valence-corrected chi connectivity index (χ0v) is 7.58. The van der Waals surface area contributed by atoms with E-state index in [1.54, 1.807) is 0 Å². The molecule has 0 fully saturated rings. The molecule has 0 bridgehead atoms. The molecule has 0 aliphatic heterocycles. The van der Waals surface area contributed by atoms with Gasteiger partial charge < -0.3 is 9.84 Å². The van der Waals surface area contributed by atoms with Crippen LogP contribution in [0, 0.1) is 11.6 Å². The van der Waals surface area contributed by atoms with Gasteiger partial charge in [-0.3, -0.25) is 0 Å². The number of halogens is 2. The van der Waals surface area contributed by atoms with Crippen LogP contribution in [0.15, 0.2) is 12.1 Å². The molecule has 4 nitrogen and oxygen atoms in total. The van der Waals surface area contributed by atoms with Crippen molar-refractivity contribution in [3.63, 3.8) is 0 Å². The Morgan fingerprint density at radius 2 is 1.73 bits per heavy atom. The molecule has 6 heteroatoms. The lowest BCUT2D eigenvalue weighted by Gasteiger charge is -2.03. The van der Waals surface area contributed by atoms with Crippen LogP contribution in [-0.4, -0.2) is 24.2 Å². The number of hydrogen-bond acceptors (Lipinski definition) is 3. The summed E-state index contributed by atoms with van der Waals surface area (Å²) >= 11 is 0. The topological polar surface area (TPSA) is 63.6 Å². The van der Waals surface area contributed by atoms with Gasteiger partial charge >= 0.3 is 11.9 Å². The molecule has 0 aliphatic rings. The van der Waals surface area contributed by atoms with E-state index in [-0.39, 0.29) is 0 Å². The second-order valence-corrected chi connectivity index (χ2v) is 2.61. The third-order valence-electron chi connectivity index (χ3n) is 1.69. The van der Waals surface area contributed by atoms with Crippen molar-refractivity contribution >= 4 is 11.9 Å². The Bertz CT molecular complexity index is 428. The van der Waals surface area contributed by atoms with Crippen LogP contribution >= 0.6 is 0 Å². The van der Waals surface area contributed by atoms with Gasteiger partial charge in [-0.05, 0) is 6.07 Å². The molecule has 0 heterocycles. The molecular weight excluding hydrogens is 210 g/mol. The van der Waals surface area contributed by atoms with Crippen molar-refractivity contribution in [1.29, 1.82) is 0 Å². The first-order valence-corrected chi connectivity index (χ1v) is 3.78. The molecule has 1 aromatic rings. The lowest BCUT2D eigenvalue weighted by atomic mass is 10.1. The monoisotopic (exact) mass is 216 g/mol. The van der Waals surface area contributed by atoms with Crippen LogP contribution in [0.5, 0.6) is 0 Å². The average Bonchev–Trinajstić information content (AvgIpc) is 2.16. The van der Waals surface area contributed by atoms with Crippen LogP contribution in [0.3, 0.4) is 0 Å². The molecule has 0 amide bonds. The number of carbonyl (C=O) groups excluding carboxylic acids is 1. The van der Waals surface area contributed by atoms with Gasteiger partial charge in [-0.2, -0.15) is 0 Å². The van der Waals surface area contributed by atoms with E-state index in [0.717, 1.165) is 7.11 Å². The van der Waals surface area contributed by atoms with Crippen molar-refractivity contribution in [2.75, 3.05) is 7.11 Å². The van der Waals surface area contributed by atoms with Gasteiger partial charge in [0.25, 0.3) is 0 Å². The van der Waals surface area contributed by atoms with Crippen LogP contribution in [-0.2, 0) is 4.74 Å². The van der Waals surface area contributed by atoms with Gasteiger partial charge in [-0.15, -0.1) is 0 Å². The molecule has 0 saturated heterocycles. The number of carboxylic acids is 1. The van der Waals surface area contributed by atoms with E-state index in [1.807, 2.05) is 0 Å². The number of carbonyl (C=O) groups is 2. The molecule has 0 aromatic heterocycles. The van der Waals surface area contributed by atoms with E-state index in [2.05, 4.69) is 4.74 Å². The highest BCUT2D eigenvalue weighted by molar-refractivity contribution is 5.94. The number of esters is 1. The molecule has 1 aromatic carbocycles.